The lowest BCUT2D eigenvalue weighted by Gasteiger charge is -2.35. The third-order valence-corrected chi connectivity index (χ3v) is 4.95. The summed E-state index contributed by atoms with van der Waals surface area (Å²) >= 11 is 0. The molecule has 136 valence electrons. The van der Waals surface area contributed by atoms with Crippen LogP contribution < -0.4 is 16.0 Å². The molecule has 1 aliphatic heterocycles. The molecule has 1 aromatic carbocycles. The van der Waals surface area contributed by atoms with Gasteiger partial charge in [0.05, 0.1) is 24.7 Å². The van der Waals surface area contributed by atoms with E-state index >= 15 is 0 Å². The van der Waals surface area contributed by atoms with Gasteiger partial charge in [0, 0.05) is 12.7 Å². The van der Waals surface area contributed by atoms with E-state index in [-0.39, 0.29) is 18.2 Å². The quantitative estimate of drug-likeness (QED) is 0.798. The number of nitriles is 1. The van der Waals surface area contributed by atoms with Crippen LogP contribution in [0.5, 0.6) is 0 Å². The van der Waals surface area contributed by atoms with Gasteiger partial charge in [-0.1, -0.05) is 43.7 Å². The van der Waals surface area contributed by atoms with Gasteiger partial charge in [-0.15, -0.1) is 0 Å². The van der Waals surface area contributed by atoms with Gasteiger partial charge >= 0.3 is 0 Å². The molecule has 6 heteroatoms. The Kier molecular flexibility index (Phi) is 6.03. The zero-order chi connectivity index (χ0) is 18.4. The van der Waals surface area contributed by atoms with Crippen LogP contribution in [-0.2, 0) is 6.42 Å². The lowest BCUT2D eigenvalue weighted by Crippen LogP contribution is -2.45. The highest BCUT2D eigenvalue weighted by Crippen LogP contribution is 2.30. The second kappa shape index (κ2) is 8.63. The molecule has 3 rings (SSSR count). The van der Waals surface area contributed by atoms with Gasteiger partial charge in [-0.05, 0) is 30.4 Å². The van der Waals surface area contributed by atoms with Crippen LogP contribution in [0, 0.1) is 17.2 Å². The fraction of sp³-hybridized carbons (Fsp3) is 0.450. The summed E-state index contributed by atoms with van der Waals surface area (Å²) in [5, 5.41) is 12.9. The number of nitrogens with zero attached hydrogens (tertiary/aromatic N) is 4. The monoisotopic (exact) mass is 350 g/mol. The highest BCUT2D eigenvalue weighted by Gasteiger charge is 2.38. The number of benzene rings is 1. The van der Waals surface area contributed by atoms with Gasteiger partial charge in [-0.25, -0.2) is 4.98 Å². The SMILES string of the molecule is CCCC(Cc1ccccc1)C1NCC(CC#N)N1c1ccnc(N)n1. The van der Waals surface area contributed by atoms with Crippen LogP contribution in [0.15, 0.2) is 42.6 Å². The summed E-state index contributed by atoms with van der Waals surface area (Å²) in [5.41, 5.74) is 7.15. The maximum absolute atomic E-state index is 9.25. The summed E-state index contributed by atoms with van der Waals surface area (Å²) in [7, 11) is 0. The number of nitrogens with one attached hydrogen (secondary N) is 1. The minimum atomic E-state index is 0.0921. The Bertz CT molecular complexity index is 741. The number of aromatic nitrogens is 2. The number of anilines is 2. The van der Waals surface area contributed by atoms with Crippen LogP contribution in [0.4, 0.5) is 11.8 Å². The van der Waals surface area contributed by atoms with Crippen molar-refractivity contribution < 1.29 is 0 Å². The molecular weight excluding hydrogens is 324 g/mol. The van der Waals surface area contributed by atoms with Crippen molar-refractivity contribution >= 4 is 11.8 Å². The second-order valence-corrected chi connectivity index (χ2v) is 6.79. The molecule has 0 bridgehead atoms. The minimum Gasteiger partial charge on any atom is -0.368 e. The molecule has 0 radical (unpaired) electrons. The van der Waals surface area contributed by atoms with Crippen LogP contribution >= 0.6 is 0 Å². The number of rotatable bonds is 7. The Morgan fingerprint density at radius 3 is 2.85 bits per heavy atom. The normalized spacial score (nSPS) is 20.7. The van der Waals surface area contributed by atoms with E-state index in [1.54, 1.807) is 6.20 Å². The van der Waals surface area contributed by atoms with E-state index in [4.69, 9.17) is 5.73 Å². The van der Waals surface area contributed by atoms with Crippen LogP contribution in [0.1, 0.15) is 31.7 Å². The first-order valence-corrected chi connectivity index (χ1v) is 9.24. The Morgan fingerprint density at radius 2 is 2.15 bits per heavy atom. The molecule has 3 atom stereocenters. The van der Waals surface area contributed by atoms with Crippen LogP contribution in [0.25, 0.3) is 0 Å². The maximum atomic E-state index is 9.25. The third kappa shape index (κ3) is 4.12. The van der Waals surface area contributed by atoms with Crippen molar-refractivity contribution in [1.29, 1.82) is 5.26 Å². The summed E-state index contributed by atoms with van der Waals surface area (Å²) in [5.74, 6) is 1.48. The van der Waals surface area contributed by atoms with Crippen LogP contribution in [0.2, 0.25) is 0 Å². The first-order valence-electron chi connectivity index (χ1n) is 9.24. The standard InChI is InChI=1S/C20H26N6/c1-2-6-16(13-15-7-4-3-5-8-15)19-24-14-17(9-11-21)26(19)18-10-12-23-20(22)25-18/h3-5,7-8,10,12,16-17,19,24H,2,6,9,13-14H2,1H3,(H2,22,23,25). The molecule has 3 unspecified atom stereocenters. The van der Waals surface area contributed by atoms with E-state index < -0.39 is 0 Å². The van der Waals surface area contributed by atoms with Crippen molar-refractivity contribution in [2.24, 2.45) is 5.92 Å². The molecule has 0 aliphatic carbocycles. The molecule has 1 aliphatic rings. The molecule has 0 spiro atoms. The molecule has 1 aromatic heterocycles. The highest BCUT2D eigenvalue weighted by molar-refractivity contribution is 5.45. The average molecular weight is 350 g/mol. The topological polar surface area (TPSA) is 90.9 Å². The van der Waals surface area contributed by atoms with Crippen LogP contribution in [0.3, 0.4) is 0 Å². The van der Waals surface area contributed by atoms with Crippen molar-refractivity contribution in [1.82, 2.24) is 15.3 Å². The molecule has 3 N–H and O–H groups in total. The summed E-state index contributed by atoms with van der Waals surface area (Å²) in [6.07, 6.45) is 5.46. The Hall–Kier alpha value is -2.65. The first kappa shape index (κ1) is 18.2. The van der Waals surface area contributed by atoms with Crippen molar-refractivity contribution in [3.8, 4) is 6.07 Å². The lowest BCUT2D eigenvalue weighted by atomic mass is 9.91. The zero-order valence-corrected chi connectivity index (χ0v) is 15.2. The lowest BCUT2D eigenvalue weighted by molar-refractivity contribution is 0.357. The molecule has 2 heterocycles. The van der Waals surface area contributed by atoms with Crippen molar-refractivity contribution in [3.05, 3.63) is 48.2 Å². The van der Waals surface area contributed by atoms with Gasteiger partial charge in [-0.2, -0.15) is 10.2 Å². The number of nitrogen functional groups attached to an aromatic ring is 1. The fourth-order valence-electron chi connectivity index (χ4n) is 3.85. The molecule has 0 amide bonds. The zero-order valence-electron chi connectivity index (χ0n) is 15.2. The predicted octanol–water partition coefficient (Wildman–Crippen LogP) is 2.74. The first-order chi connectivity index (χ1) is 12.7. The van der Waals surface area contributed by atoms with E-state index in [0.29, 0.717) is 12.3 Å². The fourth-order valence-corrected chi connectivity index (χ4v) is 3.85. The smallest absolute Gasteiger partial charge is 0.221 e. The van der Waals surface area contributed by atoms with Crippen molar-refractivity contribution in [2.45, 2.75) is 44.8 Å². The van der Waals surface area contributed by atoms with Gasteiger partial charge < -0.3 is 10.6 Å². The molecule has 1 saturated heterocycles. The predicted molar refractivity (Wildman–Crippen MR) is 103 cm³/mol. The Labute approximate surface area is 155 Å². The minimum absolute atomic E-state index is 0.0921. The Morgan fingerprint density at radius 1 is 1.35 bits per heavy atom. The number of nitrogens with two attached hydrogens (primary N) is 1. The summed E-state index contributed by atoms with van der Waals surface area (Å²) in [4.78, 5) is 10.7. The molecular formula is C20H26N6. The van der Waals surface area contributed by atoms with E-state index in [0.717, 1.165) is 31.6 Å². The molecule has 6 nitrogen and oxygen atoms in total. The molecule has 26 heavy (non-hydrogen) atoms. The van der Waals surface area contributed by atoms with Gasteiger partial charge in [-0.3, -0.25) is 5.32 Å². The molecule has 0 saturated carbocycles. The van der Waals surface area contributed by atoms with Crippen molar-refractivity contribution in [3.63, 3.8) is 0 Å². The average Bonchev–Trinajstić information content (AvgIpc) is 3.06. The summed E-state index contributed by atoms with van der Waals surface area (Å²) < 4.78 is 0. The van der Waals surface area contributed by atoms with Gasteiger partial charge in [0.2, 0.25) is 5.95 Å². The van der Waals surface area contributed by atoms with E-state index in [1.165, 1.54) is 5.56 Å². The highest BCUT2D eigenvalue weighted by atomic mass is 15.4. The number of hydrogen-bond donors (Lipinski definition) is 2. The van der Waals surface area contributed by atoms with E-state index in [2.05, 4.69) is 57.4 Å². The largest absolute Gasteiger partial charge is 0.368 e. The Balaban J connectivity index is 1.89. The second-order valence-electron chi connectivity index (χ2n) is 6.79. The summed E-state index contributed by atoms with van der Waals surface area (Å²) in [6.45, 7) is 2.99. The summed E-state index contributed by atoms with van der Waals surface area (Å²) in [6, 6.07) is 14.9. The molecule has 1 fully saturated rings. The maximum Gasteiger partial charge on any atom is 0.221 e. The number of hydrogen-bond acceptors (Lipinski definition) is 6. The third-order valence-electron chi connectivity index (χ3n) is 4.95. The van der Waals surface area contributed by atoms with Gasteiger partial charge in [0.1, 0.15) is 5.82 Å². The van der Waals surface area contributed by atoms with Crippen molar-refractivity contribution in [2.75, 3.05) is 17.2 Å². The van der Waals surface area contributed by atoms with Gasteiger partial charge in [0.25, 0.3) is 0 Å². The van der Waals surface area contributed by atoms with E-state index in [1.807, 2.05) is 12.1 Å². The van der Waals surface area contributed by atoms with Crippen LogP contribution in [-0.4, -0.2) is 28.7 Å². The van der Waals surface area contributed by atoms with E-state index in [9.17, 15) is 5.26 Å². The van der Waals surface area contributed by atoms with Gasteiger partial charge in [0.15, 0.2) is 0 Å². The molecule has 2 aromatic rings.